The number of ether oxygens (including phenoxy) is 1. The van der Waals surface area contributed by atoms with E-state index in [2.05, 4.69) is 30.0 Å². The third-order valence-electron chi connectivity index (χ3n) is 3.98. The van der Waals surface area contributed by atoms with Crippen molar-refractivity contribution in [2.24, 2.45) is 5.92 Å². The molecule has 4 unspecified atom stereocenters. The summed E-state index contributed by atoms with van der Waals surface area (Å²) in [5.41, 5.74) is -1.98. The van der Waals surface area contributed by atoms with Gasteiger partial charge in [0.05, 0.1) is 19.3 Å². The van der Waals surface area contributed by atoms with E-state index in [9.17, 15) is 38.2 Å². The first-order valence-electron chi connectivity index (χ1n) is 8.38. The Balaban J connectivity index is 2.29. The molecule has 0 aromatic carbocycles. The van der Waals surface area contributed by atoms with E-state index < -0.39 is 71.2 Å². The summed E-state index contributed by atoms with van der Waals surface area (Å²) in [5.74, 6) is 3.82. The van der Waals surface area contributed by atoms with E-state index in [1.807, 2.05) is 4.98 Å². The van der Waals surface area contributed by atoms with Crippen LogP contribution in [0.3, 0.4) is 0 Å². The van der Waals surface area contributed by atoms with Crippen LogP contribution in [0.25, 0.3) is 0 Å². The van der Waals surface area contributed by atoms with Crippen molar-refractivity contribution in [3.63, 3.8) is 0 Å². The second-order valence-electron chi connectivity index (χ2n) is 6.23. The number of aliphatic hydroxyl groups is 1. The van der Waals surface area contributed by atoms with Gasteiger partial charge in [-0.25, -0.2) is 23.3 Å². The standard InChI is InChI=1S/C12H17ClN3O14P3/c1-2-3-12(13)7(4-17)8(28-9(12)16-6-14-10(18)15-11(16)19)5-27-32(23,24)30-33(25,26)29-31(20,21)22/h6-9,17H,4-5H2,1H3,(H,23,24)(H,25,26)(H,15,18,19)(H2,20,21,22)/t7?,8-,9-,12?/m1/s1. The minimum Gasteiger partial charge on any atom is -0.396 e. The molecular formula is C12H17ClN3O14P3. The Morgan fingerprint density at radius 1 is 1.24 bits per heavy atom. The number of aliphatic hydroxyl groups excluding tert-OH is 1. The Morgan fingerprint density at radius 2 is 1.88 bits per heavy atom. The van der Waals surface area contributed by atoms with E-state index in [1.165, 1.54) is 6.92 Å². The minimum atomic E-state index is -5.75. The van der Waals surface area contributed by atoms with E-state index >= 15 is 0 Å². The molecule has 0 spiro atoms. The highest BCUT2D eigenvalue weighted by atomic mass is 35.5. The number of phosphoric acid groups is 3. The zero-order valence-electron chi connectivity index (χ0n) is 16.2. The van der Waals surface area contributed by atoms with Gasteiger partial charge < -0.3 is 29.4 Å². The van der Waals surface area contributed by atoms with Gasteiger partial charge in [-0.15, -0.1) is 5.92 Å². The smallest absolute Gasteiger partial charge is 0.396 e. The second-order valence-corrected chi connectivity index (χ2v) is 11.3. The van der Waals surface area contributed by atoms with Crippen molar-refractivity contribution in [1.82, 2.24) is 14.5 Å². The van der Waals surface area contributed by atoms with Crippen molar-refractivity contribution < 1.29 is 56.3 Å². The van der Waals surface area contributed by atoms with Gasteiger partial charge in [0, 0.05) is 5.92 Å². The summed E-state index contributed by atoms with van der Waals surface area (Å²) < 4.78 is 52.1. The van der Waals surface area contributed by atoms with Gasteiger partial charge in [-0.3, -0.25) is 14.1 Å². The monoisotopic (exact) mass is 555 g/mol. The second kappa shape index (κ2) is 10.2. The molecule has 2 rings (SSSR count). The molecule has 6 atom stereocenters. The fourth-order valence-electron chi connectivity index (χ4n) is 2.83. The number of nitrogens with one attached hydrogen (secondary N) is 1. The molecule has 0 bridgehead atoms. The van der Waals surface area contributed by atoms with Gasteiger partial charge in [0.25, 0.3) is 0 Å². The maximum Gasteiger partial charge on any atom is 0.490 e. The van der Waals surface area contributed by atoms with Crippen LogP contribution in [0.1, 0.15) is 13.2 Å². The topological polar surface area (TPSA) is 257 Å². The molecule has 17 nitrogen and oxygen atoms in total. The molecule has 1 aromatic rings. The summed E-state index contributed by atoms with van der Waals surface area (Å²) in [7, 11) is -16.8. The highest BCUT2D eigenvalue weighted by Crippen LogP contribution is 2.66. The van der Waals surface area contributed by atoms with Gasteiger partial charge in [-0.2, -0.15) is 13.6 Å². The molecule has 6 N–H and O–H groups in total. The number of aromatic amines is 1. The van der Waals surface area contributed by atoms with Crippen LogP contribution in [0, 0.1) is 17.8 Å². The van der Waals surface area contributed by atoms with Crippen LogP contribution in [0.2, 0.25) is 0 Å². The maximum atomic E-state index is 12.2. The number of hydrogen-bond donors (Lipinski definition) is 6. The van der Waals surface area contributed by atoms with E-state index in [4.69, 9.17) is 26.1 Å². The van der Waals surface area contributed by atoms with Gasteiger partial charge in [0.1, 0.15) is 6.33 Å². The maximum absolute atomic E-state index is 12.2. The SMILES string of the molecule is CC#CC1(Cl)C(CO)[C@@H](COP(=O)(O)OP(=O)(O)OP(=O)(O)O)O[C@H]1n1cnc(=O)[nH]c1=O. The van der Waals surface area contributed by atoms with Gasteiger partial charge >= 0.3 is 34.8 Å². The molecule has 1 fully saturated rings. The molecule has 1 aliphatic heterocycles. The summed E-state index contributed by atoms with van der Waals surface area (Å²) in [4.78, 5) is 62.7. The van der Waals surface area contributed by atoms with Gasteiger partial charge in [0.2, 0.25) is 0 Å². The van der Waals surface area contributed by atoms with Crippen LogP contribution in [-0.4, -0.2) is 63.4 Å². The number of aromatic nitrogens is 3. The summed E-state index contributed by atoms with van der Waals surface area (Å²) in [6.45, 7) is -0.343. The molecular weight excluding hydrogens is 539 g/mol. The molecule has 0 radical (unpaired) electrons. The average Bonchev–Trinajstić information content (AvgIpc) is 2.88. The van der Waals surface area contributed by atoms with Crippen LogP contribution < -0.4 is 11.4 Å². The molecule has 1 aromatic heterocycles. The van der Waals surface area contributed by atoms with Crippen LogP contribution >= 0.6 is 35.1 Å². The van der Waals surface area contributed by atoms with Crippen molar-refractivity contribution in [1.29, 1.82) is 0 Å². The molecule has 2 heterocycles. The van der Waals surface area contributed by atoms with Gasteiger partial charge in [0.15, 0.2) is 11.1 Å². The van der Waals surface area contributed by atoms with E-state index in [0.29, 0.717) is 0 Å². The molecule has 1 aliphatic rings. The van der Waals surface area contributed by atoms with Crippen molar-refractivity contribution in [3.8, 4) is 11.8 Å². The summed E-state index contributed by atoms with van der Waals surface area (Å²) in [5, 5.41) is 9.82. The van der Waals surface area contributed by atoms with E-state index in [-0.39, 0.29) is 0 Å². The predicted molar refractivity (Wildman–Crippen MR) is 105 cm³/mol. The molecule has 0 amide bonds. The predicted octanol–water partition coefficient (Wildman–Crippen LogP) is -1.22. The lowest BCUT2D eigenvalue weighted by molar-refractivity contribution is -0.0379. The van der Waals surface area contributed by atoms with Crippen molar-refractivity contribution in [2.75, 3.05) is 13.2 Å². The molecule has 0 saturated carbocycles. The third kappa shape index (κ3) is 7.14. The quantitative estimate of drug-likeness (QED) is 0.118. The van der Waals surface area contributed by atoms with Crippen LogP contribution in [-0.2, 0) is 31.6 Å². The van der Waals surface area contributed by atoms with Crippen LogP contribution in [0.5, 0.6) is 0 Å². The Hall–Kier alpha value is -1.21. The molecule has 21 heteroatoms. The number of nitrogens with zero attached hydrogens (tertiary/aromatic N) is 2. The number of halogens is 1. The van der Waals surface area contributed by atoms with Gasteiger partial charge in [-0.1, -0.05) is 17.5 Å². The number of alkyl halides is 1. The molecule has 33 heavy (non-hydrogen) atoms. The first-order valence-corrected chi connectivity index (χ1v) is 13.3. The van der Waals surface area contributed by atoms with Crippen molar-refractivity contribution in [3.05, 3.63) is 27.3 Å². The third-order valence-corrected chi connectivity index (χ3v) is 8.35. The number of rotatable bonds is 9. The summed E-state index contributed by atoms with van der Waals surface area (Å²) >= 11 is 6.53. The number of hydrogen-bond acceptors (Lipinski definition) is 11. The lowest BCUT2D eigenvalue weighted by Crippen LogP contribution is -2.43. The van der Waals surface area contributed by atoms with Crippen molar-refractivity contribution >= 4 is 35.1 Å². The largest absolute Gasteiger partial charge is 0.490 e. The van der Waals surface area contributed by atoms with E-state index in [1.54, 1.807) is 0 Å². The normalized spacial score (nSPS) is 29.0. The minimum absolute atomic E-state index is 0.742. The highest BCUT2D eigenvalue weighted by Gasteiger charge is 2.56. The number of phosphoric ester groups is 1. The zero-order valence-corrected chi connectivity index (χ0v) is 19.7. The first kappa shape index (κ1) is 28.0. The highest BCUT2D eigenvalue weighted by molar-refractivity contribution is 7.66. The Morgan fingerprint density at radius 3 is 2.39 bits per heavy atom. The lowest BCUT2D eigenvalue weighted by atomic mass is 9.89. The zero-order chi connectivity index (χ0) is 25.2. The molecule has 0 aliphatic carbocycles. The van der Waals surface area contributed by atoms with Crippen LogP contribution in [0.4, 0.5) is 0 Å². The van der Waals surface area contributed by atoms with Crippen LogP contribution in [0.15, 0.2) is 15.9 Å². The summed E-state index contributed by atoms with van der Waals surface area (Å²) in [6, 6.07) is 0. The fraction of sp³-hybridized carbons (Fsp3) is 0.583. The van der Waals surface area contributed by atoms with E-state index in [0.717, 1.165) is 10.9 Å². The average molecular weight is 556 g/mol. The van der Waals surface area contributed by atoms with Crippen molar-refractivity contribution in [2.45, 2.75) is 24.1 Å². The Bertz CT molecular complexity index is 1200. The summed E-state index contributed by atoms with van der Waals surface area (Å²) in [6.07, 6.45) is -2.11. The fourth-order valence-corrected chi connectivity index (χ4v) is 6.32. The molecule has 186 valence electrons. The number of H-pyrrole nitrogens is 1. The first-order chi connectivity index (χ1) is 15.0. The Kier molecular flexibility index (Phi) is 8.65. The lowest BCUT2D eigenvalue weighted by Gasteiger charge is -2.27. The van der Waals surface area contributed by atoms with Gasteiger partial charge in [-0.05, 0) is 6.92 Å². The Labute approximate surface area is 188 Å². The molecule has 1 saturated heterocycles.